The van der Waals surface area contributed by atoms with E-state index in [1.165, 1.54) is 18.2 Å². The minimum Gasteiger partial charge on any atom is -0.450 e. The van der Waals surface area contributed by atoms with E-state index in [0.717, 1.165) is 0 Å². The normalized spacial score (nSPS) is 29.5. The van der Waals surface area contributed by atoms with Gasteiger partial charge in [-0.05, 0) is 37.8 Å². The van der Waals surface area contributed by atoms with Gasteiger partial charge in [-0.3, -0.25) is 4.79 Å². The zero-order chi connectivity index (χ0) is 17.4. The second-order valence-corrected chi connectivity index (χ2v) is 6.27. The van der Waals surface area contributed by atoms with Crippen molar-refractivity contribution in [2.24, 2.45) is 5.73 Å². The van der Waals surface area contributed by atoms with Gasteiger partial charge in [-0.15, -0.1) is 0 Å². The largest absolute Gasteiger partial charge is 0.506 e. The van der Waals surface area contributed by atoms with E-state index >= 15 is 0 Å². The van der Waals surface area contributed by atoms with Gasteiger partial charge in [0.25, 0.3) is 0 Å². The molecule has 130 valence electrons. The van der Waals surface area contributed by atoms with Gasteiger partial charge >= 0.3 is 6.16 Å². The molecule has 0 unspecified atom stereocenters. The molecule has 1 heterocycles. The van der Waals surface area contributed by atoms with Crippen LogP contribution in [0.25, 0.3) is 0 Å². The van der Waals surface area contributed by atoms with Crippen molar-refractivity contribution in [1.82, 2.24) is 16.4 Å². The summed E-state index contributed by atoms with van der Waals surface area (Å²) in [5, 5.41) is 9.17. The van der Waals surface area contributed by atoms with Gasteiger partial charge in [0.2, 0.25) is 5.91 Å². The summed E-state index contributed by atoms with van der Waals surface area (Å²) in [7, 11) is 0. The average Bonchev–Trinajstić information content (AvgIpc) is 2.98. The summed E-state index contributed by atoms with van der Waals surface area (Å²) in [6, 6.07) is 3.93. The molecule has 1 saturated heterocycles. The minimum atomic E-state index is -1.51. The number of nitrogens with one attached hydrogen (secondary N) is 3. The Bertz CT molecular complexity index is 665. The molecule has 0 radical (unpaired) electrons. The highest BCUT2D eigenvalue weighted by Gasteiger charge is 2.49. The maximum absolute atomic E-state index is 14.5. The van der Waals surface area contributed by atoms with Crippen molar-refractivity contribution in [3.63, 3.8) is 0 Å². The molecule has 2 aliphatic rings. The molecule has 0 atom stereocenters. The van der Waals surface area contributed by atoms with Crippen LogP contribution in [0, 0.1) is 5.82 Å². The van der Waals surface area contributed by atoms with Crippen molar-refractivity contribution in [2.75, 3.05) is 6.54 Å². The van der Waals surface area contributed by atoms with E-state index in [4.69, 9.17) is 15.6 Å². The Hall–Kier alpha value is -2.23. The van der Waals surface area contributed by atoms with Gasteiger partial charge < -0.3 is 15.6 Å². The van der Waals surface area contributed by atoms with Gasteiger partial charge in [-0.2, -0.15) is 5.53 Å². The lowest BCUT2D eigenvalue weighted by Gasteiger charge is -2.43. The predicted octanol–water partition coefficient (Wildman–Crippen LogP) is 0.740. The maximum atomic E-state index is 14.5. The molecule has 1 aromatic rings. The molecule has 24 heavy (non-hydrogen) atoms. The number of carbonyl (C=O) groups excluding carboxylic acids is 1. The lowest BCUT2D eigenvalue weighted by atomic mass is 9.70. The van der Waals surface area contributed by atoms with Gasteiger partial charge in [0.05, 0.1) is 0 Å². The van der Waals surface area contributed by atoms with Crippen LogP contribution in [-0.2, 0) is 10.3 Å². The second kappa shape index (κ2) is 6.00. The van der Waals surface area contributed by atoms with Gasteiger partial charge in [-0.1, -0.05) is 6.07 Å². The van der Waals surface area contributed by atoms with E-state index < -0.39 is 23.5 Å². The van der Waals surface area contributed by atoms with E-state index in [1.54, 1.807) is 0 Å². The fraction of sp³-hybridized carbons (Fsp3) is 0.467. The minimum absolute atomic E-state index is 0.0529. The molecule has 9 heteroatoms. The predicted molar refractivity (Wildman–Crippen MR) is 81.2 cm³/mol. The molecule has 1 spiro atoms. The number of hydrogen-bond donors (Lipinski definition) is 5. The topological polar surface area (TPSA) is 126 Å². The molecular formula is C15H19FN4O4. The molecule has 1 aromatic carbocycles. The Balaban J connectivity index is 2.02. The van der Waals surface area contributed by atoms with E-state index in [2.05, 4.69) is 16.4 Å². The number of carbonyl (C=O) groups is 2. The Morgan fingerprint density at radius 1 is 1.25 bits per heavy atom. The zero-order valence-corrected chi connectivity index (χ0v) is 12.9. The summed E-state index contributed by atoms with van der Waals surface area (Å²) >= 11 is 0. The molecule has 3 rings (SSSR count). The molecule has 1 amide bonds. The Labute approximate surface area is 137 Å². The molecule has 1 saturated carbocycles. The number of carboxylic acid groups (broad SMARTS) is 1. The first-order chi connectivity index (χ1) is 11.4. The highest BCUT2D eigenvalue weighted by molar-refractivity contribution is 5.94. The van der Waals surface area contributed by atoms with E-state index in [-0.39, 0.29) is 29.5 Å². The lowest BCUT2D eigenvalue weighted by molar-refractivity contribution is -0.0613. The van der Waals surface area contributed by atoms with Gasteiger partial charge in [0.15, 0.2) is 0 Å². The summed E-state index contributed by atoms with van der Waals surface area (Å²) in [6.07, 6.45) is 0.0214. The molecule has 8 nitrogen and oxygen atoms in total. The number of benzene rings is 1. The number of rotatable bonds is 3. The smallest absolute Gasteiger partial charge is 0.450 e. The van der Waals surface area contributed by atoms with E-state index in [9.17, 15) is 14.0 Å². The van der Waals surface area contributed by atoms with Crippen LogP contribution in [0.2, 0.25) is 0 Å². The second-order valence-electron chi connectivity index (χ2n) is 6.27. The van der Waals surface area contributed by atoms with Gasteiger partial charge in [-0.25, -0.2) is 20.0 Å². The van der Waals surface area contributed by atoms with Crippen LogP contribution in [0.1, 0.15) is 41.6 Å². The fourth-order valence-electron chi connectivity index (χ4n) is 3.63. The standard InChI is InChI=1S/C15H19FN4O4/c16-10-3-1-2-9(12(17)21)11(10)15(24-13(22)23)6-4-14(5-7-15)8-18-20-19-14/h1-3,18-20H,4-8H2,(H2,17,21)(H,22,23). The average molecular weight is 338 g/mol. The molecule has 0 aromatic heterocycles. The first-order valence-corrected chi connectivity index (χ1v) is 7.63. The first-order valence-electron chi connectivity index (χ1n) is 7.63. The Morgan fingerprint density at radius 3 is 2.50 bits per heavy atom. The Morgan fingerprint density at radius 2 is 1.96 bits per heavy atom. The molecule has 1 aliphatic carbocycles. The van der Waals surface area contributed by atoms with Crippen LogP contribution in [0.15, 0.2) is 18.2 Å². The highest BCUT2D eigenvalue weighted by atomic mass is 19.1. The molecule has 1 aliphatic heterocycles. The van der Waals surface area contributed by atoms with Crippen molar-refractivity contribution in [2.45, 2.75) is 36.8 Å². The van der Waals surface area contributed by atoms with Crippen molar-refractivity contribution in [1.29, 1.82) is 0 Å². The third-order valence-corrected chi connectivity index (χ3v) is 4.87. The summed E-state index contributed by atoms with van der Waals surface area (Å²) in [4.78, 5) is 23.0. The number of amides is 1. The summed E-state index contributed by atoms with van der Waals surface area (Å²) < 4.78 is 19.7. The van der Waals surface area contributed by atoms with E-state index in [0.29, 0.717) is 19.4 Å². The van der Waals surface area contributed by atoms with Crippen LogP contribution in [-0.4, -0.2) is 29.3 Å². The third-order valence-electron chi connectivity index (χ3n) is 4.87. The van der Waals surface area contributed by atoms with Crippen LogP contribution < -0.4 is 22.1 Å². The SMILES string of the molecule is NC(=O)c1cccc(F)c1C1(OC(=O)O)CCC2(CC1)CNNN2. The van der Waals surface area contributed by atoms with Crippen molar-refractivity contribution in [3.8, 4) is 0 Å². The third kappa shape index (κ3) is 2.81. The number of ether oxygens (including phenoxy) is 1. The number of primary amides is 1. The summed E-state index contributed by atoms with van der Waals surface area (Å²) in [6.45, 7) is 0.649. The highest BCUT2D eigenvalue weighted by Crippen LogP contribution is 2.46. The van der Waals surface area contributed by atoms with Crippen LogP contribution in [0.3, 0.4) is 0 Å². The summed E-state index contributed by atoms with van der Waals surface area (Å²) in [5.41, 5.74) is 12.4. The van der Waals surface area contributed by atoms with Crippen molar-refractivity contribution >= 4 is 12.1 Å². The van der Waals surface area contributed by atoms with Crippen LogP contribution >= 0.6 is 0 Å². The van der Waals surface area contributed by atoms with Gasteiger partial charge in [0.1, 0.15) is 11.4 Å². The van der Waals surface area contributed by atoms with Crippen molar-refractivity contribution in [3.05, 3.63) is 35.1 Å². The maximum Gasteiger partial charge on any atom is 0.506 e. The zero-order valence-electron chi connectivity index (χ0n) is 12.9. The molecule has 6 N–H and O–H groups in total. The fourth-order valence-corrected chi connectivity index (χ4v) is 3.63. The summed E-state index contributed by atoms with van der Waals surface area (Å²) in [5.74, 6) is -1.51. The first kappa shape index (κ1) is 16.6. The monoisotopic (exact) mass is 338 g/mol. The number of nitrogens with two attached hydrogens (primary N) is 1. The van der Waals surface area contributed by atoms with Crippen LogP contribution in [0.5, 0.6) is 0 Å². The number of hydrogen-bond acceptors (Lipinski definition) is 6. The number of halogens is 1. The Kier molecular flexibility index (Phi) is 4.16. The van der Waals surface area contributed by atoms with Crippen LogP contribution in [0.4, 0.5) is 9.18 Å². The number of hydrazine groups is 2. The van der Waals surface area contributed by atoms with Crippen molar-refractivity contribution < 1.29 is 23.8 Å². The van der Waals surface area contributed by atoms with E-state index in [1.807, 2.05) is 0 Å². The molecule has 2 fully saturated rings. The van der Waals surface area contributed by atoms with Gasteiger partial charge in [0, 0.05) is 23.2 Å². The lowest BCUT2D eigenvalue weighted by Crippen LogP contribution is -2.52. The quantitative estimate of drug-likeness (QED) is 0.515. The molecular weight excluding hydrogens is 319 g/mol. The molecule has 0 bridgehead atoms.